The first-order valence-electron chi connectivity index (χ1n) is 7.33. The quantitative estimate of drug-likeness (QED) is 0.806. The number of nitrogens with zero attached hydrogens (tertiary/aromatic N) is 2. The Kier molecular flexibility index (Phi) is 5.93. The largest absolute Gasteiger partial charge is 0.480 e. The Balaban J connectivity index is 2.88. The third kappa shape index (κ3) is 4.31. The molecule has 0 unspecified atom stereocenters. The van der Waals surface area contributed by atoms with Gasteiger partial charge >= 0.3 is 5.97 Å². The Bertz CT molecular complexity index is 508. The zero-order chi connectivity index (χ0) is 16.2. The molecular formula is C15H25N3O3. The van der Waals surface area contributed by atoms with Gasteiger partial charge in [0.2, 0.25) is 0 Å². The van der Waals surface area contributed by atoms with Gasteiger partial charge in [0.1, 0.15) is 6.04 Å². The predicted octanol–water partition coefficient (Wildman–Crippen LogP) is 2.08. The number of carboxylic acids is 1. The van der Waals surface area contributed by atoms with Crippen LogP contribution in [0.2, 0.25) is 0 Å². The minimum absolute atomic E-state index is 0.127. The summed E-state index contributed by atoms with van der Waals surface area (Å²) in [7, 11) is 0. The summed E-state index contributed by atoms with van der Waals surface area (Å²) in [5, 5.41) is 16.0. The van der Waals surface area contributed by atoms with Gasteiger partial charge in [0, 0.05) is 12.2 Å². The fraction of sp³-hybridized carbons (Fsp3) is 0.667. The van der Waals surface area contributed by atoms with Crippen LogP contribution in [0.25, 0.3) is 0 Å². The fourth-order valence-corrected chi connectivity index (χ4v) is 2.10. The molecule has 0 aliphatic rings. The Morgan fingerprint density at radius 1 is 1.38 bits per heavy atom. The Labute approximate surface area is 125 Å². The number of hydrogen-bond donors (Lipinski definition) is 2. The fourth-order valence-electron chi connectivity index (χ4n) is 2.10. The van der Waals surface area contributed by atoms with Gasteiger partial charge in [0.05, 0.1) is 11.8 Å². The lowest BCUT2D eigenvalue weighted by molar-refractivity contribution is -0.140. The summed E-state index contributed by atoms with van der Waals surface area (Å²) >= 11 is 0. The first-order chi connectivity index (χ1) is 9.77. The molecule has 6 heteroatoms. The highest BCUT2D eigenvalue weighted by atomic mass is 16.4. The van der Waals surface area contributed by atoms with Crippen molar-refractivity contribution in [1.29, 1.82) is 0 Å². The number of carboxylic acid groups (broad SMARTS) is 1. The maximum atomic E-state index is 12.3. The van der Waals surface area contributed by atoms with Crippen LogP contribution in [0, 0.1) is 18.8 Å². The van der Waals surface area contributed by atoms with Crippen LogP contribution in [0.3, 0.4) is 0 Å². The van der Waals surface area contributed by atoms with Crippen molar-refractivity contribution in [2.75, 3.05) is 0 Å². The third-order valence-corrected chi connectivity index (χ3v) is 3.65. The van der Waals surface area contributed by atoms with Crippen molar-refractivity contribution in [1.82, 2.24) is 15.1 Å². The number of hydrogen-bond acceptors (Lipinski definition) is 3. The van der Waals surface area contributed by atoms with Crippen molar-refractivity contribution < 1.29 is 14.7 Å². The monoisotopic (exact) mass is 295 g/mol. The van der Waals surface area contributed by atoms with E-state index >= 15 is 0 Å². The molecule has 2 atom stereocenters. The summed E-state index contributed by atoms with van der Waals surface area (Å²) < 4.78 is 1.78. The summed E-state index contributed by atoms with van der Waals surface area (Å²) in [5.41, 5.74) is 1.19. The average Bonchev–Trinajstić information content (AvgIpc) is 2.75. The standard InChI is InChI=1S/C15H25N3O3/c1-6-10(4)13(15(20)21)17-14(19)12-7-16-18(11(12)5)8-9(2)3/h7,9-10,13H,6,8H2,1-5H3,(H,17,19)(H,20,21)/t10-,13-/m0/s1. The highest BCUT2D eigenvalue weighted by Crippen LogP contribution is 2.12. The molecule has 6 nitrogen and oxygen atoms in total. The molecule has 0 saturated carbocycles. The lowest BCUT2D eigenvalue weighted by Gasteiger charge is -2.20. The molecule has 1 aromatic rings. The van der Waals surface area contributed by atoms with Crippen LogP contribution >= 0.6 is 0 Å². The molecule has 0 radical (unpaired) electrons. The van der Waals surface area contributed by atoms with Crippen LogP contribution in [-0.4, -0.2) is 32.8 Å². The van der Waals surface area contributed by atoms with Gasteiger partial charge in [0.15, 0.2) is 0 Å². The van der Waals surface area contributed by atoms with Crippen LogP contribution in [-0.2, 0) is 11.3 Å². The molecule has 0 bridgehead atoms. The van der Waals surface area contributed by atoms with Gasteiger partial charge in [0.25, 0.3) is 5.91 Å². The van der Waals surface area contributed by atoms with E-state index in [9.17, 15) is 14.7 Å². The summed E-state index contributed by atoms with van der Waals surface area (Å²) in [6.45, 7) is 10.4. The van der Waals surface area contributed by atoms with Crippen molar-refractivity contribution in [2.45, 2.75) is 53.6 Å². The first kappa shape index (κ1) is 17.2. The molecule has 1 rings (SSSR count). The maximum absolute atomic E-state index is 12.3. The molecule has 21 heavy (non-hydrogen) atoms. The number of carbonyl (C=O) groups excluding carboxylic acids is 1. The van der Waals surface area contributed by atoms with Crippen molar-refractivity contribution in [3.63, 3.8) is 0 Å². The molecule has 2 N–H and O–H groups in total. The lowest BCUT2D eigenvalue weighted by Crippen LogP contribution is -2.45. The molecule has 0 aromatic carbocycles. The van der Waals surface area contributed by atoms with Gasteiger partial charge in [-0.2, -0.15) is 5.10 Å². The minimum Gasteiger partial charge on any atom is -0.480 e. The van der Waals surface area contributed by atoms with Gasteiger partial charge in [-0.25, -0.2) is 4.79 Å². The van der Waals surface area contributed by atoms with Crippen LogP contribution < -0.4 is 5.32 Å². The molecule has 0 fully saturated rings. The highest BCUT2D eigenvalue weighted by Gasteiger charge is 2.27. The van der Waals surface area contributed by atoms with Crippen molar-refractivity contribution in [2.24, 2.45) is 11.8 Å². The SMILES string of the molecule is CC[C@H](C)[C@H](NC(=O)c1cnn(CC(C)C)c1C)C(=O)O. The Hall–Kier alpha value is -1.85. The summed E-state index contributed by atoms with van der Waals surface area (Å²) in [6.07, 6.45) is 2.19. The number of rotatable bonds is 7. The second-order valence-electron chi connectivity index (χ2n) is 5.89. The summed E-state index contributed by atoms with van der Waals surface area (Å²) in [6, 6.07) is -0.879. The molecule has 1 amide bonds. The molecule has 1 aromatic heterocycles. The van der Waals surface area contributed by atoms with E-state index in [-0.39, 0.29) is 11.8 Å². The van der Waals surface area contributed by atoms with E-state index in [1.165, 1.54) is 6.20 Å². The van der Waals surface area contributed by atoms with Gasteiger partial charge in [-0.3, -0.25) is 9.48 Å². The maximum Gasteiger partial charge on any atom is 0.326 e. The van der Waals surface area contributed by atoms with Gasteiger partial charge in [-0.15, -0.1) is 0 Å². The summed E-state index contributed by atoms with van der Waals surface area (Å²) in [4.78, 5) is 23.5. The lowest BCUT2D eigenvalue weighted by atomic mass is 9.99. The zero-order valence-electron chi connectivity index (χ0n) is 13.4. The number of aliphatic carboxylic acids is 1. The highest BCUT2D eigenvalue weighted by molar-refractivity contribution is 5.97. The molecular weight excluding hydrogens is 270 g/mol. The van der Waals surface area contributed by atoms with E-state index in [1.807, 2.05) is 20.8 Å². The van der Waals surface area contributed by atoms with E-state index < -0.39 is 12.0 Å². The molecule has 0 saturated heterocycles. The van der Waals surface area contributed by atoms with Crippen LogP contribution in [0.4, 0.5) is 0 Å². The van der Waals surface area contributed by atoms with E-state index in [0.717, 1.165) is 12.2 Å². The van der Waals surface area contributed by atoms with Crippen LogP contribution in [0.1, 0.15) is 50.2 Å². The summed E-state index contributed by atoms with van der Waals surface area (Å²) in [5.74, 6) is -1.09. The normalized spacial score (nSPS) is 14.0. The average molecular weight is 295 g/mol. The van der Waals surface area contributed by atoms with Crippen LogP contribution in [0.15, 0.2) is 6.20 Å². The first-order valence-corrected chi connectivity index (χ1v) is 7.33. The number of carbonyl (C=O) groups is 2. The van der Waals surface area contributed by atoms with E-state index in [0.29, 0.717) is 17.9 Å². The van der Waals surface area contributed by atoms with E-state index in [4.69, 9.17) is 0 Å². The van der Waals surface area contributed by atoms with Crippen molar-refractivity contribution >= 4 is 11.9 Å². The Morgan fingerprint density at radius 3 is 2.48 bits per heavy atom. The number of amides is 1. The van der Waals surface area contributed by atoms with Crippen molar-refractivity contribution in [3.8, 4) is 0 Å². The number of nitrogens with one attached hydrogen (secondary N) is 1. The Morgan fingerprint density at radius 2 is 2.00 bits per heavy atom. The third-order valence-electron chi connectivity index (χ3n) is 3.65. The van der Waals surface area contributed by atoms with E-state index in [2.05, 4.69) is 24.3 Å². The molecule has 0 spiro atoms. The number of aromatic nitrogens is 2. The van der Waals surface area contributed by atoms with Gasteiger partial charge in [-0.1, -0.05) is 34.1 Å². The molecule has 118 valence electrons. The van der Waals surface area contributed by atoms with Gasteiger partial charge in [-0.05, 0) is 18.8 Å². The second kappa shape index (κ2) is 7.24. The minimum atomic E-state index is -1.01. The van der Waals surface area contributed by atoms with Gasteiger partial charge < -0.3 is 10.4 Å². The zero-order valence-corrected chi connectivity index (χ0v) is 13.4. The molecule has 0 aliphatic carbocycles. The van der Waals surface area contributed by atoms with Crippen molar-refractivity contribution in [3.05, 3.63) is 17.5 Å². The smallest absolute Gasteiger partial charge is 0.326 e. The second-order valence-corrected chi connectivity index (χ2v) is 5.89. The van der Waals surface area contributed by atoms with E-state index in [1.54, 1.807) is 4.68 Å². The molecule has 0 aliphatic heterocycles. The topological polar surface area (TPSA) is 84.2 Å². The predicted molar refractivity (Wildman–Crippen MR) is 80.1 cm³/mol. The molecule has 1 heterocycles. The van der Waals surface area contributed by atoms with Crippen LogP contribution in [0.5, 0.6) is 0 Å².